The van der Waals surface area contributed by atoms with Gasteiger partial charge in [-0.1, -0.05) is 6.07 Å². The fourth-order valence-corrected chi connectivity index (χ4v) is 1.98. The normalized spacial score (nSPS) is 14.5. The van der Waals surface area contributed by atoms with E-state index in [9.17, 15) is 4.39 Å². The zero-order valence-corrected chi connectivity index (χ0v) is 12.0. The molecule has 1 aromatic rings. The van der Waals surface area contributed by atoms with Crippen molar-refractivity contribution in [1.29, 1.82) is 0 Å². The molecular formula is C14H23FN2O2. The van der Waals surface area contributed by atoms with E-state index in [4.69, 9.17) is 15.2 Å². The second kappa shape index (κ2) is 6.84. The number of hydrogen-bond donors (Lipinski definition) is 1. The minimum Gasteiger partial charge on any atom is -0.368 e. The van der Waals surface area contributed by atoms with Gasteiger partial charge >= 0.3 is 0 Å². The number of rotatable bonds is 7. The molecule has 0 aliphatic rings. The minimum atomic E-state index is -0.384. The van der Waals surface area contributed by atoms with Gasteiger partial charge in [-0.05, 0) is 25.1 Å². The third kappa shape index (κ3) is 3.89. The summed E-state index contributed by atoms with van der Waals surface area (Å²) in [6, 6.07) is 6.45. The molecular weight excluding hydrogens is 247 g/mol. The summed E-state index contributed by atoms with van der Waals surface area (Å²) >= 11 is 0. The van der Waals surface area contributed by atoms with Crippen molar-refractivity contribution in [3.05, 3.63) is 30.1 Å². The van der Waals surface area contributed by atoms with E-state index in [0.717, 1.165) is 5.69 Å². The molecule has 0 saturated heterocycles. The Morgan fingerprint density at radius 2 is 2.00 bits per heavy atom. The van der Waals surface area contributed by atoms with Gasteiger partial charge in [-0.25, -0.2) is 4.39 Å². The Bertz CT molecular complexity index is 399. The van der Waals surface area contributed by atoms with Gasteiger partial charge in [-0.15, -0.1) is 0 Å². The molecule has 5 heteroatoms. The maximum absolute atomic E-state index is 13.3. The first kappa shape index (κ1) is 15.9. The monoisotopic (exact) mass is 270 g/mol. The van der Waals surface area contributed by atoms with Crippen LogP contribution in [0, 0.1) is 5.82 Å². The summed E-state index contributed by atoms with van der Waals surface area (Å²) in [5, 5.41) is 0. The Balaban J connectivity index is 2.94. The van der Waals surface area contributed by atoms with Crippen LogP contribution in [-0.4, -0.2) is 39.6 Å². The van der Waals surface area contributed by atoms with Crippen LogP contribution in [0.5, 0.6) is 0 Å². The van der Waals surface area contributed by atoms with Crippen LogP contribution in [0.3, 0.4) is 0 Å². The second-order valence-corrected chi connectivity index (χ2v) is 4.85. The molecule has 0 amide bonds. The Morgan fingerprint density at radius 1 is 1.37 bits per heavy atom. The lowest BCUT2D eigenvalue weighted by Gasteiger charge is -2.41. The van der Waals surface area contributed by atoms with Gasteiger partial charge in [0.15, 0.2) is 6.29 Å². The molecule has 4 nitrogen and oxygen atoms in total. The summed E-state index contributed by atoms with van der Waals surface area (Å²) in [5.41, 5.74) is 6.29. The highest BCUT2D eigenvalue weighted by Gasteiger charge is 2.31. The average molecular weight is 270 g/mol. The average Bonchev–Trinajstić information content (AvgIpc) is 2.43. The topological polar surface area (TPSA) is 47.7 Å². The molecule has 0 fully saturated rings. The Kier molecular flexibility index (Phi) is 5.72. The number of anilines is 1. The first-order chi connectivity index (χ1) is 8.96. The standard InChI is InChI=1S/C14H23FN2O2/c1-14(10-16,9-13(18-3)19-4)17(2)12-7-5-6-11(15)8-12/h5-8,13H,9-10,16H2,1-4H3. The third-order valence-electron chi connectivity index (χ3n) is 3.58. The fourth-order valence-electron chi connectivity index (χ4n) is 1.98. The fraction of sp³-hybridized carbons (Fsp3) is 0.571. The Labute approximate surface area is 114 Å². The highest BCUT2D eigenvalue weighted by Crippen LogP contribution is 2.27. The lowest BCUT2D eigenvalue weighted by molar-refractivity contribution is -0.115. The number of methoxy groups -OCH3 is 2. The number of nitrogens with two attached hydrogens (primary N) is 1. The van der Waals surface area contributed by atoms with Crippen LogP contribution in [-0.2, 0) is 9.47 Å². The molecule has 0 aliphatic heterocycles. The molecule has 1 rings (SSSR count). The largest absolute Gasteiger partial charge is 0.368 e. The Morgan fingerprint density at radius 3 is 2.47 bits per heavy atom. The van der Waals surface area contributed by atoms with E-state index >= 15 is 0 Å². The zero-order chi connectivity index (χ0) is 14.5. The summed E-state index contributed by atoms with van der Waals surface area (Å²) in [6.45, 7) is 2.41. The smallest absolute Gasteiger partial charge is 0.159 e. The number of likely N-dealkylation sites (N-methyl/N-ethyl adjacent to an activating group) is 1. The van der Waals surface area contributed by atoms with Crippen LogP contribution in [0.15, 0.2) is 24.3 Å². The van der Waals surface area contributed by atoms with Gasteiger partial charge in [0.2, 0.25) is 0 Å². The Hall–Kier alpha value is -1.17. The third-order valence-corrected chi connectivity index (χ3v) is 3.58. The van der Waals surface area contributed by atoms with Crippen molar-refractivity contribution in [2.75, 3.05) is 32.7 Å². The molecule has 0 bridgehead atoms. The van der Waals surface area contributed by atoms with Crippen molar-refractivity contribution in [2.24, 2.45) is 5.73 Å². The molecule has 1 unspecified atom stereocenters. The van der Waals surface area contributed by atoms with Gasteiger partial charge in [0.05, 0.1) is 5.54 Å². The molecule has 1 atom stereocenters. The van der Waals surface area contributed by atoms with Crippen LogP contribution < -0.4 is 10.6 Å². The first-order valence-corrected chi connectivity index (χ1v) is 6.22. The maximum Gasteiger partial charge on any atom is 0.159 e. The van der Waals surface area contributed by atoms with Crippen molar-refractivity contribution >= 4 is 5.69 Å². The van der Waals surface area contributed by atoms with Gasteiger partial charge in [0.25, 0.3) is 0 Å². The van der Waals surface area contributed by atoms with Crippen LogP contribution in [0.4, 0.5) is 10.1 Å². The molecule has 2 N–H and O–H groups in total. The summed E-state index contributed by atoms with van der Waals surface area (Å²) in [7, 11) is 5.07. The van der Waals surface area contributed by atoms with E-state index in [2.05, 4.69) is 0 Å². The molecule has 108 valence electrons. The van der Waals surface area contributed by atoms with Crippen LogP contribution in [0.25, 0.3) is 0 Å². The lowest BCUT2D eigenvalue weighted by atomic mass is 9.94. The van der Waals surface area contributed by atoms with Crippen LogP contribution in [0.1, 0.15) is 13.3 Å². The van der Waals surface area contributed by atoms with E-state index in [1.54, 1.807) is 20.3 Å². The van der Waals surface area contributed by atoms with Gasteiger partial charge in [-0.2, -0.15) is 0 Å². The highest BCUT2D eigenvalue weighted by molar-refractivity contribution is 5.48. The number of ether oxygens (including phenoxy) is 2. The molecule has 19 heavy (non-hydrogen) atoms. The van der Waals surface area contributed by atoms with Gasteiger partial charge in [0, 0.05) is 39.9 Å². The van der Waals surface area contributed by atoms with Gasteiger partial charge < -0.3 is 20.1 Å². The molecule has 1 aromatic carbocycles. The lowest BCUT2D eigenvalue weighted by Crippen LogP contribution is -2.52. The zero-order valence-electron chi connectivity index (χ0n) is 12.0. The van der Waals surface area contributed by atoms with E-state index in [-0.39, 0.29) is 17.6 Å². The number of nitrogens with zero attached hydrogens (tertiary/aromatic N) is 1. The van der Waals surface area contributed by atoms with Crippen molar-refractivity contribution in [2.45, 2.75) is 25.2 Å². The summed E-state index contributed by atoms with van der Waals surface area (Å²) in [4.78, 5) is 1.96. The van der Waals surface area contributed by atoms with Crippen LogP contribution >= 0.6 is 0 Å². The van der Waals surface area contributed by atoms with Crippen molar-refractivity contribution < 1.29 is 13.9 Å². The maximum atomic E-state index is 13.3. The van der Waals surface area contributed by atoms with Gasteiger partial charge in [-0.3, -0.25) is 0 Å². The van der Waals surface area contributed by atoms with E-state index < -0.39 is 0 Å². The number of hydrogen-bond acceptors (Lipinski definition) is 4. The predicted octanol–water partition coefficient (Wildman–Crippen LogP) is 1.99. The number of benzene rings is 1. The highest BCUT2D eigenvalue weighted by atomic mass is 19.1. The molecule has 0 saturated carbocycles. The molecule has 0 aliphatic carbocycles. The molecule has 0 radical (unpaired) electrons. The summed E-state index contributed by atoms with van der Waals surface area (Å²) in [5.74, 6) is -0.265. The molecule has 0 aromatic heterocycles. The summed E-state index contributed by atoms with van der Waals surface area (Å²) in [6.07, 6.45) is 0.244. The quantitative estimate of drug-likeness (QED) is 0.770. The second-order valence-electron chi connectivity index (χ2n) is 4.85. The first-order valence-electron chi connectivity index (χ1n) is 6.22. The predicted molar refractivity (Wildman–Crippen MR) is 74.7 cm³/mol. The molecule has 0 heterocycles. The van der Waals surface area contributed by atoms with E-state index in [1.165, 1.54) is 12.1 Å². The number of halogens is 1. The van der Waals surface area contributed by atoms with Crippen molar-refractivity contribution in [1.82, 2.24) is 0 Å². The van der Waals surface area contributed by atoms with Gasteiger partial charge in [0.1, 0.15) is 5.82 Å². The van der Waals surface area contributed by atoms with Crippen molar-refractivity contribution in [3.8, 4) is 0 Å². The van der Waals surface area contributed by atoms with E-state index in [0.29, 0.717) is 13.0 Å². The molecule has 0 spiro atoms. The minimum absolute atomic E-state index is 0.265. The summed E-state index contributed by atoms with van der Waals surface area (Å²) < 4.78 is 23.8. The van der Waals surface area contributed by atoms with Crippen molar-refractivity contribution in [3.63, 3.8) is 0 Å². The van der Waals surface area contributed by atoms with E-state index in [1.807, 2.05) is 24.9 Å². The van der Waals surface area contributed by atoms with Crippen LogP contribution in [0.2, 0.25) is 0 Å². The SMILES string of the molecule is COC(CC(C)(CN)N(C)c1cccc(F)c1)OC.